The van der Waals surface area contributed by atoms with Crippen molar-refractivity contribution in [3.05, 3.63) is 100 Å². The number of carbonyl (C=O) groups excluding carboxylic acids is 4. The molecule has 0 saturated carbocycles. The number of ether oxygens (including phenoxy) is 1. The molecule has 3 amide bonds. The molecule has 0 aromatic heterocycles. The minimum Gasteiger partial charge on any atom is -0.462 e. The number of amides is 3. The van der Waals surface area contributed by atoms with E-state index in [0.29, 0.717) is 22.9 Å². The van der Waals surface area contributed by atoms with E-state index in [1.54, 1.807) is 36.4 Å². The van der Waals surface area contributed by atoms with Gasteiger partial charge in [0.05, 0.1) is 17.9 Å². The standard InChI is InChI=1S/C31H30ClN3O5/c1-4-5-16-40-31(39)22-9-7-11-25(18-22)35-29(37)26(32)27(30(35)38)33-24-10-6-8-21(17-24)28(36)34-23-14-12-20(13-15-23)19(2)3/h6-15,17-19,33H,4-5,16H2,1-3H3,(H,34,36). The maximum absolute atomic E-state index is 13.3. The van der Waals surface area contributed by atoms with E-state index in [2.05, 4.69) is 24.5 Å². The van der Waals surface area contributed by atoms with Crippen LogP contribution in [-0.2, 0) is 14.3 Å². The number of hydrogen-bond acceptors (Lipinski definition) is 6. The number of esters is 1. The number of benzene rings is 3. The summed E-state index contributed by atoms with van der Waals surface area (Å²) in [6.45, 7) is 6.46. The van der Waals surface area contributed by atoms with Gasteiger partial charge in [0.25, 0.3) is 17.7 Å². The maximum Gasteiger partial charge on any atom is 0.338 e. The number of carbonyl (C=O) groups is 4. The van der Waals surface area contributed by atoms with Crippen molar-refractivity contribution < 1.29 is 23.9 Å². The van der Waals surface area contributed by atoms with E-state index >= 15 is 0 Å². The lowest BCUT2D eigenvalue weighted by atomic mass is 10.0. The van der Waals surface area contributed by atoms with Gasteiger partial charge in [-0.15, -0.1) is 0 Å². The Labute approximate surface area is 238 Å². The van der Waals surface area contributed by atoms with Crippen LogP contribution in [0.15, 0.2) is 83.5 Å². The van der Waals surface area contributed by atoms with Gasteiger partial charge in [0.1, 0.15) is 10.7 Å². The highest BCUT2D eigenvalue weighted by atomic mass is 35.5. The van der Waals surface area contributed by atoms with Crippen molar-refractivity contribution in [2.75, 3.05) is 22.1 Å². The molecule has 1 heterocycles. The molecule has 40 heavy (non-hydrogen) atoms. The Balaban J connectivity index is 1.48. The van der Waals surface area contributed by atoms with Gasteiger partial charge in [-0.25, -0.2) is 9.69 Å². The number of unbranched alkanes of at least 4 members (excludes halogenated alkanes) is 1. The highest BCUT2D eigenvalue weighted by molar-refractivity contribution is 6.53. The molecule has 0 bridgehead atoms. The Hall–Kier alpha value is -4.43. The van der Waals surface area contributed by atoms with Gasteiger partial charge < -0.3 is 15.4 Å². The summed E-state index contributed by atoms with van der Waals surface area (Å²) in [7, 11) is 0. The minimum atomic E-state index is -0.732. The number of hydrogen-bond donors (Lipinski definition) is 2. The molecule has 206 valence electrons. The average Bonchev–Trinajstić information content (AvgIpc) is 3.16. The molecule has 8 nitrogen and oxygen atoms in total. The van der Waals surface area contributed by atoms with Gasteiger partial charge in [-0.1, -0.05) is 63.1 Å². The Kier molecular flexibility index (Phi) is 9.01. The molecule has 0 radical (unpaired) electrons. The zero-order valence-corrected chi connectivity index (χ0v) is 23.2. The highest BCUT2D eigenvalue weighted by Gasteiger charge is 2.39. The fourth-order valence-electron chi connectivity index (χ4n) is 4.05. The molecule has 0 saturated heterocycles. The van der Waals surface area contributed by atoms with Crippen LogP contribution < -0.4 is 15.5 Å². The minimum absolute atomic E-state index is 0.135. The van der Waals surface area contributed by atoms with Crippen molar-refractivity contribution in [2.24, 2.45) is 0 Å². The second-order valence-electron chi connectivity index (χ2n) is 9.61. The SMILES string of the molecule is CCCCOC(=O)c1cccc(N2C(=O)C(Cl)=C(Nc3cccc(C(=O)Nc4ccc(C(C)C)cc4)c3)C2=O)c1. The van der Waals surface area contributed by atoms with E-state index in [1.807, 2.05) is 31.2 Å². The van der Waals surface area contributed by atoms with E-state index in [9.17, 15) is 19.2 Å². The van der Waals surface area contributed by atoms with E-state index in [0.717, 1.165) is 23.3 Å². The van der Waals surface area contributed by atoms with E-state index in [1.165, 1.54) is 12.1 Å². The number of imide groups is 1. The third-order valence-corrected chi connectivity index (χ3v) is 6.68. The molecule has 0 unspecified atom stereocenters. The predicted molar refractivity (Wildman–Crippen MR) is 156 cm³/mol. The Bertz CT molecular complexity index is 1480. The van der Waals surface area contributed by atoms with Crippen molar-refractivity contribution in [1.82, 2.24) is 0 Å². The quantitative estimate of drug-likeness (QED) is 0.168. The summed E-state index contributed by atoms with van der Waals surface area (Å²) in [6.07, 6.45) is 1.61. The molecule has 2 N–H and O–H groups in total. The summed E-state index contributed by atoms with van der Waals surface area (Å²) in [5.41, 5.74) is 2.82. The van der Waals surface area contributed by atoms with E-state index in [-0.39, 0.29) is 34.5 Å². The zero-order chi connectivity index (χ0) is 28.8. The van der Waals surface area contributed by atoms with Gasteiger partial charge in [0.15, 0.2) is 0 Å². The van der Waals surface area contributed by atoms with Crippen LogP contribution in [0.25, 0.3) is 0 Å². The van der Waals surface area contributed by atoms with Gasteiger partial charge in [-0.3, -0.25) is 14.4 Å². The molecule has 3 aromatic rings. The van der Waals surface area contributed by atoms with Crippen molar-refractivity contribution >= 4 is 52.4 Å². The lowest BCUT2D eigenvalue weighted by Gasteiger charge is -2.16. The summed E-state index contributed by atoms with van der Waals surface area (Å²) >= 11 is 6.28. The monoisotopic (exact) mass is 559 g/mol. The van der Waals surface area contributed by atoms with Crippen LogP contribution in [0.5, 0.6) is 0 Å². The van der Waals surface area contributed by atoms with Crippen molar-refractivity contribution in [3.8, 4) is 0 Å². The molecule has 4 rings (SSSR count). The van der Waals surface area contributed by atoms with Crippen LogP contribution in [0.3, 0.4) is 0 Å². The lowest BCUT2D eigenvalue weighted by Crippen LogP contribution is -2.32. The first kappa shape index (κ1) is 28.6. The number of nitrogens with one attached hydrogen (secondary N) is 2. The van der Waals surface area contributed by atoms with Crippen molar-refractivity contribution in [3.63, 3.8) is 0 Å². The summed E-state index contributed by atoms with van der Waals surface area (Å²) in [5.74, 6) is -1.92. The third-order valence-electron chi connectivity index (χ3n) is 6.33. The molecular formula is C31H30ClN3O5. The maximum atomic E-state index is 13.3. The predicted octanol–water partition coefficient (Wildman–Crippen LogP) is 6.45. The van der Waals surface area contributed by atoms with Crippen LogP contribution in [0, 0.1) is 0 Å². The van der Waals surface area contributed by atoms with Crippen LogP contribution in [0.4, 0.5) is 17.1 Å². The number of halogens is 1. The van der Waals surface area contributed by atoms with Crippen LogP contribution in [0.2, 0.25) is 0 Å². The van der Waals surface area contributed by atoms with E-state index < -0.39 is 17.8 Å². The van der Waals surface area contributed by atoms with Gasteiger partial charge >= 0.3 is 5.97 Å². The molecule has 0 fully saturated rings. The van der Waals surface area contributed by atoms with Gasteiger partial charge in [0.2, 0.25) is 0 Å². The summed E-state index contributed by atoms with van der Waals surface area (Å²) in [4.78, 5) is 52.3. The number of anilines is 3. The molecule has 1 aliphatic heterocycles. The topological polar surface area (TPSA) is 105 Å². The largest absolute Gasteiger partial charge is 0.462 e. The van der Waals surface area contributed by atoms with Crippen LogP contribution in [-0.4, -0.2) is 30.3 Å². The lowest BCUT2D eigenvalue weighted by molar-refractivity contribution is -0.120. The van der Waals surface area contributed by atoms with Crippen molar-refractivity contribution in [1.29, 1.82) is 0 Å². The normalized spacial score (nSPS) is 13.2. The Morgan fingerprint density at radius 1 is 0.900 bits per heavy atom. The summed E-state index contributed by atoms with van der Waals surface area (Å²) < 4.78 is 5.23. The smallest absolute Gasteiger partial charge is 0.338 e. The highest BCUT2D eigenvalue weighted by Crippen LogP contribution is 2.31. The molecule has 0 spiro atoms. The van der Waals surface area contributed by atoms with Crippen LogP contribution in [0.1, 0.15) is 65.8 Å². The number of nitrogens with zero attached hydrogens (tertiary/aromatic N) is 1. The second-order valence-corrected chi connectivity index (χ2v) is 9.99. The number of rotatable bonds is 10. The fraction of sp³-hybridized carbons (Fsp3) is 0.226. The van der Waals surface area contributed by atoms with Crippen molar-refractivity contribution in [2.45, 2.75) is 39.5 Å². The molecule has 3 aromatic carbocycles. The van der Waals surface area contributed by atoms with E-state index in [4.69, 9.17) is 16.3 Å². The average molecular weight is 560 g/mol. The first-order valence-electron chi connectivity index (χ1n) is 13.0. The first-order chi connectivity index (χ1) is 19.2. The fourth-order valence-corrected chi connectivity index (χ4v) is 4.26. The second kappa shape index (κ2) is 12.6. The van der Waals surface area contributed by atoms with Gasteiger partial charge in [-0.05, 0) is 66.4 Å². The molecule has 1 aliphatic rings. The Morgan fingerprint density at radius 3 is 2.30 bits per heavy atom. The van der Waals surface area contributed by atoms with Crippen LogP contribution >= 0.6 is 11.6 Å². The molecule has 0 aliphatic carbocycles. The summed E-state index contributed by atoms with van der Waals surface area (Å²) in [6, 6.07) is 20.2. The first-order valence-corrected chi connectivity index (χ1v) is 13.4. The van der Waals surface area contributed by atoms with Gasteiger partial charge in [0, 0.05) is 16.9 Å². The Morgan fingerprint density at radius 2 is 1.60 bits per heavy atom. The zero-order valence-electron chi connectivity index (χ0n) is 22.5. The molecular weight excluding hydrogens is 530 g/mol. The molecule has 0 atom stereocenters. The molecule has 9 heteroatoms. The summed E-state index contributed by atoms with van der Waals surface area (Å²) in [5, 5.41) is 5.44. The third kappa shape index (κ3) is 6.40. The van der Waals surface area contributed by atoms with Gasteiger partial charge in [-0.2, -0.15) is 0 Å².